The van der Waals surface area contributed by atoms with Crippen LogP contribution in [0.1, 0.15) is 22.9 Å². The molecule has 0 aliphatic carbocycles. The molecule has 2 nitrogen and oxygen atoms in total. The molecule has 0 bridgehead atoms. The second kappa shape index (κ2) is 4.72. The number of aryl methyl sites for hydroxylation is 1. The minimum Gasteiger partial charge on any atom is -0.456 e. The topological polar surface area (TPSA) is 39.2 Å². The smallest absolute Gasteiger partial charge is 0.169 e. The maximum absolute atomic E-state index is 13.6. The van der Waals surface area contributed by atoms with E-state index in [1.807, 2.05) is 0 Å². The van der Waals surface area contributed by atoms with Gasteiger partial charge in [0.2, 0.25) is 0 Å². The normalized spacial score (nSPS) is 12.8. The number of rotatable bonds is 2. The SMILES string of the molecule is Cc1ccc(C(N)c2cc3cccc(F)c3o2)cc1F. The molecule has 3 aromatic rings. The quantitative estimate of drug-likeness (QED) is 0.764. The molecule has 0 aliphatic rings. The van der Waals surface area contributed by atoms with Gasteiger partial charge in [0.15, 0.2) is 11.4 Å². The van der Waals surface area contributed by atoms with Crippen LogP contribution < -0.4 is 5.73 Å². The molecule has 2 aromatic carbocycles. The molecular weight excluding hydrogens is 260 g/mol. The Labute approximate surface area is 114 Å². The van der Waals surface area contributed by atoms with E-state index in [0.717, 1.165) is 0 Å². The van der Waals surface area contributed by atoms with Crippen molar-refractivity contribution in [1.82, 2.24) is 0 Å². The van der Waals surface area contributed by atoms with Crippen LogP contribution in [0.5, 0.6) is 0 Å². The first-order chi connectivity index (χ1) is 9.56. The van der Waals surface area contributed by atoms with Crippen molar-refractivity contribution < 1.29 is 13.2 Å². The van der Waals surface area contributed by atoms with Crippen molar-refractivity contribution in [2.24, 2.45) is 5.73 Å². The molecule has 1 unspecified atom stereocenters. The second-order valence-electron chi connectivity index (χ2n) is 4.79. The number of nitrogens with two attached hydrogens (primary N) is 1. The lowest BCUT2D eigenvalue weighted by Gasteiger charge is -2.09. The van der Waals surface area contributed by atoms with Crippen LogP contribution in [0.4, 0.5) is 8.78 Å². The summed E-state index contributed by atoms with van der Waals surface area (Å²) in [6, 6.07) is 10.5. The Bertz CT molecular complexity index is 779. The molecule has 0 saturated heterocycles. The van der Waals surface area contributed by atoms with Gasteiger partial charge in [0.1, 0.15) is 11.6 Å². The minimum absolute atomic E-state index is 0.172. The highest BCUT2D eigenvalue weighted by Gasteiger charge is 2.16. The molecule has 0 aliphatic heterocycles. The van der Waals surface area contributed by atoms with E-state index >= 15 is 0 Å². The summed E-state index contributed by atoms with van der Waals surface area (Å²) < 4.78 is 32.6. The van der Waals surface area contributed by atoms with Gasteiger partial charge in [-0.05, 0) is 36.2 Å². The fourth-order valence-electron chi connectivity index (χ4n) is 2.17. The van der Waals surface area contributed by atoms with Crippen molar-refractivity contribution >= 4 is 11.0 Å². The Morgan fingerprint density at radius 1 is 1.05 bits per heavy atom. The average Bonchev–Trinajstić information content (AvgIpc) is 2.86. The van der Waals surface area contributed by atoms with Crippen LogP contribution in [0.3, 0.4) is 0 Å². The lowest BCUT2D eigenvalue weighted by atomic mass is 10.0. The van der Waals surface area contributed by atoms with E-state index in [0.29, 0.717) is 22.3 Å². The van der Waals surface area contributed by atoms with E-state index in [1.54, 1.807) is 37.3 Å². The third-order valence-corrected chi connectivity index (χ3v) is 3.38. The monoisotopic (exact) mass is 273 g/mol. The second-order valence-corrected chi connectivity index (χ2v) is 4.79. The highest BCUT2D eigenvalue weighted by atomic mass is 19.1. The molecule has 0 radical (unpaired) electrons. The lowest BCUT2D eigenvalue weighted by molar-refractivity contribution is 0.501. The summed E-state index contributed by atoms with van der Waals surface area (Å²) in [5.74, 6) is -0.343. The highest BCUT2D eigenvalue weighted by Crippen LogP contribution is 2.28. The third kappa shape index (κ3) is 2.08. The van der Waals surface area contributed by atoms with Gasteiger partial charge in [-0.3, -0.25) is 0 Å². The van der Waals surface area contributed by atoms with Gasteiger partial charge in [-0.2, -0.15) is 0 Å². The first kappa shape index (κ1) is 12.8. The first-order valence-electron chi connectivity index (χ1n) is 6.26. The van der Waals surface area contributed by atoms with Crippen molar-refractivity contribution in [3.8, 4) is 0 Å². The molecule has 2 N–H and O–H groups in total. The third-order valence-electron chi connectivity index (χ3n) is 3.38. The van der Waals surface area contributed by atoms with E-state index in [2.05, 4.69) is 0 Å². The van der Waals surface area contributed by atoms with Gasteiger partial charge in [-0.25, -0.2) is 8.78 Å². The van der Waals surface area contributed by atoms with Crippen molar-refractivity contribution in [2.45, 2.75) is 13.0 Å². The van der Waals surface area contributed by atoms with Crippen LogP contribution in [0, 0.1) is 18.6 Å². The number of hydrogen-bond acceptors (Lipinski definition) is 2. The standard InChI is InChI=1S/C16H13F2NO/c1-9-5-6-10(7-13(9)18)15(19)14-8-11-3-2-4-12(17)16(11)20-14/h2-8,15H,19H2,1H3. The zero-order valence-corrected chi connectivity index (χ0v) is 10.9. The largest absolute Gasteiger partial charge is 0.456 e. The van der Waals surface area contributed by atoms with Gasteiger partial charge >= 0.3 is 0 Å². The lowest BCUT2D eigenvalue weighted by Crippen LogP contribution is -2.11. The van der Waals surface area contributed by atoms with Crippen molar-refractivity contribution in [3.05, 3.63) is 71.0 Å². The summed E-state index contributed by atoms with van der Waals surface area (Å²) in [7, 11) is 0. The number of furan rings is 1. The van der Waals surface area contributed by atoms with Gasteiger partial charge in [0.05, 0.1) is 6.04 Å². The van der Waals surface area contributed by atoms with Gasteiger partial charge < -0.3 is 10.2 Å². The number of para-hydroxylation sites is 1. The molecule has 1 aromatic heterocycles. The summed E-state index contributed by atoms with van der Waals surface area (Å²) in [5, 5.41) is 0.642. The predicted molar refractivity (Wildman–Crippen MR) is 73.3 cm³/mol. The van der Waals surface area contributed by atoms with E-state index in [-0.39, 0.29) is 11.4 Å². The van der Waals surface area contributed by atoms with Crippen molar-refractivity contribution in [1.29, 1.82) is 0 Å². The van der Waals surface area contributed by atoms with E-state index in [9.17, 15) is 8.78 Å². The molecule has 4 heteroatoms. The molecule has 0 saturated carbocycles. The fourth-order valence-corrected chi connectivity index (χ4v) is 2.17. The maximum Gasteiger partial charge on any atom is 0.169 e. The molecule has 3 rings (SSSR count). The number of halogens is 2. The zero-order valence-electron chi connectivity index (χ0n) is 10.9. The molecule has 1 heterocycles. The number of fused-ring (bicyclic) bond motifs is 1. The van der Waals surface area contributed by atoms with Crippen LogP contribution in [0.25, 0.3) is 11.0 Å². The summed E-state index contributed by atoms with van der Waals surface area (Å²) >= 11 is 0. The van der Waals surface area contributed by atoms with Gasteiger partial charge in [-0.1, -0.05) is 24.3 Å². The molecule has 20 heavy (non-hydrogen) atoms. The Morgan fingerprint density at radius 3 is 2.55 bits per heavy atom. The van der Waals surface area contributed by atoms with Crippen LogP contribution in [-0.2, 0) is 0 Å². The molecular formula is C16H13F2NO. The van der Waals surface area contributed by atoms with E-state index in [1.165, 1.54) is 12.1 Å². The van der Waals surface area contributed by atoms with Gasteiger partial charge in [0.25, 0.3) is 0 Å². The van der Waals surface area contributed by atoms with Crippen molar-refractivity contribution in [3.63, 3.8) is 0 Å². The molecule has 0 spiro atoms. The maximum atomic E-state index is 13.6. The molecule has 102 valence electrons. The summed E-state index contributed by atoms with van der Waals surface area (Å²) in [4.78, 5) is 0. The van der Waals surface area contributed by atoms with Crippen LogP contribution in [0.2, 0.25) is 0 Å². The molecule has 0 amide bonds. The van der Waals surface area contributed by atoms with Crippen LogP contribution in [0.15, 0.2) is 46.9 Å². The minimum atomic E-state index is -0.628. The van der Waals surface area contributed by atoms with E-state index < -0.39 is 11.9 Å². The summed E-state index contributed by atoms with van der Waals surface area (Å²) in [6.45, 7) is 1.68. The van der Waals surface area contributed by atoms with Gasteiger partial charge in [-0.15, -0.1) is 0 Å². The Hall–Kier alpha value is -2.20. The predicted octanol–water partition coefficient (Wildman–Crippen LogP) is 4.07. The Morgan fingerprint density at radius 2 is 1.85 bits per heavy atom. The highest BCUT2D eigenvalue weighted by molar-refractivity contribution is 5.78. The number of benzene rings is 2. The van der Waals surface area contributed by atoms with Crippen LogP contribution >= 0.6 is 0 Å². The first-order valence-corrected chi connectivity index (χ1v) is 6.26. The zero-order chi connectivity index (χ0) is 14.3. The fraction of sp³-hybridized carbons (Fsp3) is 0.125. The Balaban J connectivity index is 2.05. The Kier molecular flexibility index (Phi) is 3.03. The number of hydrogen-bond donors (Lipinski definition) is 1. The molecule has 1 atom stereocenters. The average molecular weight is 273 g/mol. The van der Waals surface area contributed by atoms with Crippen molar-refractivity contribution in [2.75, 3.05) is 0 Å². The van der Waals surface area contributed by atoms with E-state index in [4.69, 9.17) is 10.2 Å². The summed E-state index contributed by atoms with van der Waals surface area (Å²) in [6.07, 6.45) is 0. The van der Waals surface area contributed by atoms with Gasteiger partial charge in [0, 0.05) is 5.39 Å². The van der Waals surface area contributed by atoms with Crippen LogP contribution in [-0.4, -0.2) is 0 Å². The summed E-state index contributed by atoms with van der Waals surface area (Å²) in [5.41, 5.74) is 7.38. The molecule has 0 fully saturated rings.